The van der Waals surface area contributed by atoms with Gasteiger partial charge in [-0.1, -0.05) is 17.5 Å². The van der Waals surface area contributed by atoms with Crippen molar-refractivity contribution in [3.05, 3.63) is 33.1 Å². The van der Waals surface area contributed by atoms with E-state index >= 15 is 0 Å². The van der Waals surface area contributed by atoms with Crippen LogP contribution in [0.4, 0.5) is 0 Å². The fraction of sp³-hybridized carbons (Fsp3) is 0.353. The van der Waals surface area contributed by atoms with Gasteiger partial charge >= 0.3 is 0 Å². The molecule has 1 N–H and O–H groups in total. The van der Waals surface area contributed by atoms with Gasteiger partial charge in [0.2, 0.25) is 5.88 Å². The zero-order valence-electron chi connectivity index (χ0n) is 13.6. The Morgan fingerprint density at radius 2 is 1.96 bits per heavy atom. The first-order chi connectivity index (χ1) is 11.5. The monoisotopic (exact) mass is 348 g/mol. The number of aromatic hydroxyl groups is 1. The van der Waals surface area contributed by atoms with Gasteiger partial charge < -0.3 is 14.6 Å². The zero-order chi connectivity index (χ0) is 17.4. The van der Waals surface area contributed by atoms with Gasteiger partial charge in [-0.3, -0.25) is 4.79 Å². The van der Waals surface area contributed by atoms with Crippen LogP contribution in [0.1, 0.15) is 12.5 Å². The Bertz CT molecular complexity index is 917. The summed E-state index contributed by atoms with van der Waals surface area (Å²) in [5, 5.41) is 10.9. The van der Waals surface area contributed by atoms with E-state index in [0.29, 0.717) is 35.0 Å². The van der Waals surface area contributed by atoms with Gasteiger partial charge in [-0.25, -0.2) is 9.36 Å². The first kappa shape index (κ1) is 16.5. The third-order valence-corrected chi connectivity index (χ3v) is 4.39. The topological polar surface area (TPSA) is 65.6 Å². The molecule has 0 fully saturated rings. The van der Waals surface area contributed by atoms with E-state index in [1.165, 1.54) is 16.5 Å². The lowest BCUT2D eigenvalue weighted by Gasteiger charge is -2.11. The number of aromatic nitrogens is 2. The number of nitrogens with zero attached hydrogens (tertiary/aromatic N) is 2. The van der Waals surface area contributed by atoms with Crippen LogP contribution >= 0.6 is 11.6 Å². The molecule has 0 radical (unpaired) electrons. The number of methoxy groups -OCH3 is 2. The maximum atomic E-state index is 12.8. The molecule has 7 heteroatoms. The molecule has 0 saturated heterocycles. The number of rotatable bonds is 3. The summed E-state index contributed by atoms with van der Waals surface area (Å²) in [6.45, 7) is 2.50. The van der Waals surface area contributed by atoms with Crippen molar-refractivity contribution in [3.63, 3.8) is 0 Å². The van der Waals surface area contributed by atoms with E-state index in [1.54, 1.807) is 26.2 Å². The van der Waals surface area contributed by atoms with Crippen molar-refractivity contribution >= 4 is 11.6 Å². The number of halogens is 1. The van der Waals surface area contributed by atoms with E-state index in [4.69, 9.17) is 21.1 Å². The fourth-order valence-electron chi connectivity index (χ4n) is 2.96. The number of fused-ring (bicyclic) bond motifs is 1. The first-order valence-corrected chi connectivity index (χ1v) is 7.75. The summed E-state index contributed by atoms with van der Waals surface area (Å²) in [5.41, 5.74) is 0.838. The van der Waals surface area contributed by atoms with Crippen LogP contribution in [0.2, 0.25) is 5.02 Å². The highest BCUT2D eigenvalue weighted by Gasteiger charge is 2.31. The number of hydrogen-bond acceptors (Lipinski definition) is 4. The van der Waals surface area contributed by atoms with Crippen LogP contribution in [0.15, 0.2) is 16.9 Å². The minimum Gasteiger partial charge on any atom is -0.496 e. The molecule has 0 aliphatic carbocycles. The third-order valence-electron chi connectivity index (χ3n) is 4.09. The van der Waals surface area contributed by atoms with Gasteiger partial charge in [0.05, 0.1) is 36.9 Å². The standard InChI is InChI=1S/C17H17ClN2O4/c1-4-5-10-6-12(18)14(13(7-10)24-3)15-16(21)19-8-11(23-2)9-20(19)17(15)22/h6-7,11,21H,8-9H2,1-3H3. The molecule has 3 rings (SSSR count). The molecule has 126 valence electrons. The SMILES string of the molecule is CC#Cc1cc(Cl)c(-c2c(O)n3n(c2=O)CC(OC)C3)c(OC)c1. The summed E-state index contributed by atoms with van der Waals surface area (Å²) >= 11 is 6.37. The van der Waals surface area contributed by atoms with Crippen molar-refractivity contribution in [1.29, 1.82) is 0 Å². The Kier molecular flexibility index (Phi) is 4.31. The van der Waals surface area contributed by atoms with Crippen molar-refractivity contribution in [2.75, 3.05) is 14.2 Å². The molecule has 0 spiro atoms. The lowest BCUT2D eigenvalue weighted by molar-refractivity contribution is 0.0984. The molecule has 0 bridgehead atoms. The summed E-state index contributed by atoms with van der Waals surface area (Å²) < 4.78 is 13.6. The second kappa shape index (κ2) is 6.27. The predicted octanol–water partition coefficient (Wildman–Crippen LogP) is 2.08. The van der Waals surface area contributed by atoms with Crippen molar-refractivity contribution in [2.45, 2.75) is 26.1 Å². The van der Waals surface area contributed by atoms with Crippen molar-refractivity contribution in [2.24, 2.45) is 0 Å². The molecular weight excluding hydrogens is 332 g/mol. The molecule has 1 aromatic carbocycles. The van der Waals surface area contributed by atoms with Crippen LogP contribution < -0.4 is 10.3 Å². The molecule has 1 atom stereocenters. The molecule has 1 aliphatic heterocycles. The van der Waals surface area contributed by atoms with Crippen molar-refractivity contribution in [3.8, 4) is 34.6 Å². The molecule has 24 heavy (non-hydrogen) atoms. The number of hydrogen-bond donors (Lipinski definition) is 1. The second-order valence-corrected chi connectivity index (χ2v) is 5.84. The molecule has 1 aromatic heterocycles. The Balaban J connectivity index is 2.21. The Labute approximate surface area is 144 Å². The normalized spacial score (nSPS) is 15.8. The number of benzene rings is 1. The molecule has 2 aromatic rings. The van der Waals surface area contributed by atoms with Crippen molar-refractivity contribution < 1.29 is 14.6 Å². The van der Waals surface area contributed by atoms with E-state index in [2.05, 4.69) is 11.8 Å². The van der Waals surface area contributed by atoms with E-state index in [0.717, 1.165) is 0 Å². The Morgan fingerprint density at radius 3 is 2.54 bits per heavy atom. The number of ether oxygens (including phenoxy) is 2. The molecule has 0 amide bonds. The van der Waals surface area contributed by atoms with Crippen LogP contribution in [-0.4, -0.2) is 34.8 Å². The lowest BCUT2D eigenvalue weighted by Crippen LogP contribution is -2.20. The van der Waals surface area contributed by atoms with Crippen LogP contribution in [0, 0.1) is 11.8 Å². The maximum absolute atomic E-state index is 12.8. The van der Waals surface area contributed by atoms with Crippen LogP contribution in [-0.2, 0) is 17.8 Å². The molecule has 6 nitrogen and oxygen atoms in total. The summed E-state index contributed by atoms with van der Waals surface area (Å²) in [4.78, 5) is 12.8. The lowest BCUT2D eigenvalue weighted by atomic mass is 10.0. The van der Waals surface area contributed by atoms with Crippen LogP contribution in [0.25, 0.3) is 11.1 Å². The Hall–Kier alpha value is -2.36. The second-order valence-electron chi connectivity index (χ2n) is 5.44. The quantitative estimate of drug-likeness (QED) is 0.863. The molecular formula is C17H17ClN2O4. The highest BCUT2D eigenvalue weighted by Crippen LogP contribution is 2.40. The zero-order valence-corrected chi connectivity index (χ0v) is 14.3. The minimum absolute atomic E-state index is 0.127. The largest absolute Gasteiger partial charge is 0.496 e. The van der Waals surface area contributed by atoms with E-state index in [9.17, 15) is 9.90 Å². The fourth-order valence-corrected chi connectivity index (χ4v) is 3.26. The van der Waals surface area contributed by atoms with E-state index in [-0.39, 0.29) is 23.1 Å². The summed E-state index contributed by atoms with van der Waals surface area (Å²) in [6, 6.07) is 3.35. The predicted molar refractivity (Wildman–Crippen MR) is 90.7 cm³/mol. The average molecular weight is 349 g/mol. The van der Waals surface area contributed by atoms with Gasteiger partial charge in [-0.2, -0.15) is 0 Å². The van der Waals surface area contributed by atoms with Gasteiger partial charge in [-0.15, -0.1) is 5.92 Å². The van der Waals surface area contributed by atoms with E-state index in [1.807, 2.05) is 0 Å². The maximum Gasteiger partial charge on any atom is 0.278 e. The summed E-state index contributed by atoms with van der Waals surface area (Å²) in [6.07, 6.45) is -0.141. The van der Waals surface area contributed by atoms with Gasteiger partial charge in [0, 0.05) is 12.7 Å². The molecule has 2 heterocycles. The highest BCUT2D eigenvalue weighted by atomic mass is 35.5. The molecule has 1 unspecified atom stereocenters. The minimum atomic E-state index is -0.332. The molecule has 1 aliphatic rings. The van der Waals surface area contributed by atoms with Gasteiger partial charge in [-0.05, 0) is 19.1 Å². The van der Waals surface area contributed by atoms with Crippen LogP contribution in [0.5, 0.6) is 11.6 Å². The average Bonchev–Trinajstić information content (AvgIpc) is 3.08. The Morgan fingerprint density at radius 1 is 1.25 bits per heavy atom. The van der Waals surface area contributed by atoms with Gasteiger partial charge in [0.25, 0.3) is 5.56 Å². The summed E-state index contributed by atoms with van der Waals surface area (Å²) in [5.74, 6) is 5.94. The summed E-state index contributed by atoms with van der Waals surface area (Å²) in [7, 11) is 3.06. The smallest absolute Gasteiger partial charge is 0.278 e. The van der Waals surface area contributed by atoms with Gasteiger partial charge in [0.15, 0.2) is 0 Å². The van der Waals surface area contributed by atoms with Crippen LogP contribution in [0.3, 0.4) is 0 Å². The van der Waals surface area contributed by atoms with Crippen molar-refractivity contribution in [1.82, 2.24) is 9.36 Å². The molecule has 0 saturated carbocycles. The van der Waals surface area contributed by atoms with E-state index < -0.39 is 0 Å². The highest BCUT2D eigenvalue weighted by molar-refractivity contribution is 6.34. The third kappa shape index (κ3) is 2.46. The van der Waals surface area contributed by atoms with Gasteiger partial charge in [0.1, 0.15) is 11.3 Å². The first-order valence-electron chi connectivity index (χ1n) is 7.37.